The van der Waals surface area contributed by atoms with Gasteiger partial charge in [-0.2, -0.15) is 0 Å². The van der Waals surface area contributed by atoms with E-state index in [1.807, 2.05) is 48.2 Å². The summed E-state index contributed by atoms with van der Waals surface area (Å²) in [7, 11) is 0. The number of rotatable bonds is 5. The maximum absolute atomic E-state index is 13.2. The third-order valence-electron chi connectivity index (χ3n) is 4.43. The van der Waals surface area contributed by atoms with E-state index < -0.39 is 0 Å². The molecule has 1 aliphatic heterocycles. The molecule has 0 fully saturated rings. The van der Waals surface area contributed by atoms with Crippen molar-refractivity contribution in [3.63, 3.8) is 0 Å². The summed E-state index contributed by atoms with van der Waals surface area (Å²) in [5.74, 6) is 0.380. The van der Waals surface area contributed by atoms with Crippen molar-refractivity contribution >= 4 is 45.5 Å². The highest BCUT2D eigenvalue weighted by Crippen LogP contribution is 2.37. The lowest BCUT2D eigenvalue weighted by molar-refractivity contribution is -0.115. The van der Waals surface area contributed by atoms with Crippen LogP contribution in [0.2, 0.25) is 0 Å². The number of hydrogen-bond acceptors (Lipinski definition) is 6. The van der Waals surface area contributed by atoms with Crippen molar-refractivity contribution in [1.82, 2.24) is 10.2 Å². The van der Waals surface area contributed by atoms with Crippen LogP contribution in [0.5, 0.6) is 0 Å². The molecule has 1 amide bonds. The number of aryl methyl sites for hydroxylation is 2. The van der Waals surface area contributed by atoms with Gasteiger partial charge in [0, 0.05) is 6.54 Å². The van der Waals surface area contributed by atoms with E-state index in [0.717, 1.165) is 40.2 Å². The predicted molar refractivity (Wildman–Crippen MR) is 112 cm³/mol. The molecule has 0 radical (unpaired) electrons. The number of carbonyl (C=O) groups excluding carboxylic acids is 1. The molecule has 1 N–H and O–H groups in total. The average molecular weight is 397 g/mol. The van der Waals surface area contributed by atoms with Gasteiger partial charge in [-0.05, 0) is 43.0 Å². The molecule has 0 atom stereocenters. The Labute approximate surface area is 166 Å². The first kappa shape index (κ1) is 18.0. The first-order valence-electron chi connectivity index (χ1n) is 8.95. The highest BCUT2D eigenvalue weighted by atomic mass is 32.2. The van der Waals surface area contributed by atoms with Crippen LogP contribution >= 0.6 is 23.1 Å². The first-order chi connectivity index (χ1) is 13.3. The number of hydrogen-bond donors (Lipinski definition) is 1. The third-order valence-corrected chi connectivity index (χ3v) is 6.43. The average Bonchev–Trinajstić information content (AvgIpc) is 3.07. The molecule has 2 heterocycles. The molecule has 138 valence electrons. The summed E-state index contributed by atoms with van der Waals surface area (Å²) in [5, 5.41) is 12.2. The number of nitrogens with one attached hydrogen (secondary N) is 1. The van der Waals surface area contributed by atoms with Crippen LogP contribution in [0.3, 0.4) is 0 Å². The van der Waals surface area contributed by atoms with Crippen LogP contribution in [0.25, 0.3) is 0 Å². The summed E-state index contributed by atoms with van der Waals surface area (Å²) >= 11 is 2.92. The van der Waals surface area contributed by atoms with Crippen molar-refractivity contribution in [3.05, 3.63) is 59.7 Å². The summed E-state index contributed by atoms with van der Waals surface area (Å²) in [6.07, 6.45) is 1.87. The number of nitrogens with zero attached hydrogens (tertiary/aromatic N) is 3. The van der Waals surface area contributed by atoms with Crippen molar-refractivity contribution in [2.75, 3.05) is 22.5 Å². The van der Waals surface area contributed by atoms with Crippen molar-refractivity contribution in [3.8, 4) is 0 Å². The highest BCUT2D eigenvalue weighted by Gasteiger charge is 2.25. The fourth-order valence-electron chi connectivity index (χ4n) is 3.23. The fraction of sp³-hybridized carbons (Fsp3) is 0.250. The third kappa shape index (κ3) is 3.84. The minimum atomic E-state index is 0.0574. The predicted octanol–water partition coefficient (Wildman–Crippen LogP) is 4.53. The Bertz CT molecular complexity index is 909. The molecule has 7 heteroatoms. The summed E-state index contributed by atoms with van der Waals surface area (Å²) in [6, 6.07) is 16.4. The van der Waals surface area contributed by atoms with E-state index in [4.69, 9.17) is 0 Å². The van der Waals surface area contributed by atoms with Crippen molar-refractivity contribution < 1.29 is 4.79 Å². The molecule has 0 bridgehead atoms. The molecule has 27 heavy (non-hydrogen) atoms. The van der Waals surface area contributed by atoms with E-state index in [0.29, 0.717) is 5.75 Å². The molecule has 0 unspecified atom stereocenters. The van der Waals surface area contributed by atoms with E-state index >= 15 is 0 Å². The number of thioether (sulfide) groups is 1. The van der Waals surface area contributed by atoms with Crippen LogP contribution in [0.15, 0.2) is 52.9 Å². The van der Waals surface area contributed by atoms with Crippen LogP contribution in [0, 0.1) is 0 Å². The summed E-state index contributed by atoms with van der Waals surface area (Å²) in [5.41, 5.74) is 4.38. The molecule has 5 nitrogen and oxygen atoms in total. The number of carbonyl (C=O) groups is 1. The SMILES string of the molecule is CCNc1nnc(SCC(=O)N2c3ccccc3CCc3ccccc32)s1. The molecule has 1 aliphatic rings. The Kier molecular flexibility index (Phi) is 5.40. The van der Waals surface area contributed by atoms with Crippen LogP contribution < -0.4 is 10.2 Å². The van der Waals surface area contributed by atoms with E-state index in [2.05, 4.69) is 27.6 Å². The van der Waals surface area contributed by atoms with Crippen molar-refractivity contribution in [2.24, 2.45) is 0 Å². The Morgan fingerprint density at radius 3 is 2.33 bits per heavy atom. The highest BCUT2D eigenvalue weighted by molar-refractivity contribution is 8.01. The fourth-order valence-corrected chi connectivity index (χ4v) is 4.90. The number of aromatic nitrogens is 2. The molecule has 4 rings (SSSR count). The van der Waals surface area contributed by atoms with Crippen molar-refractivity contribution in [2.45, 2.75) is 24.1 Å². The monoisotopic (exact) mass is 396 g/mol. The zero-order valence-electron chi connectivity index (χ0n) is 15.0. The Balaban J connectivity index is 1.60. The maximum atomic E-state index is 13.2. The molecule has 1 aromatic heterocycles. The number of anilines is 3. The molecule has 0 spiro atoms. The molecule has 0 aliphatic carbocycles. The van der Waals surface area contributed by atoms with Crippen LogP contribution in [-0.4, -0.2) is 28.4 Å². The normalized spacial score (nSPS) is 12.9. The van der Waals surface area contributed by atoms with E-state index in [9.17, 15) is 4.79 Å². The van der Waals surface area contributed by atoms with E-state index in [1.165, 1.54) is 34.2 Å². The van der Waals surface area contributed by atoms with Crippen LogP contribution in [-0.2, 0) is 17.6 Å². The standard InChI is InChI=1S/C20H20N4OS2/c1-2-21-19-22-23-20(27-19)26-13-18(25)24-16-9-5-3-7-14(16)11-12-15-8-4-6-10-17(15)24/h3-10H,2,11-13H2,1H3,(H,21,22). The molecule has 2 aromatic carbocycles. The minimum absolute atomic E-state index is 0.0574. The second-order valence-electron chi connectivity index (χ2n) is 6.18. The molecule has 0 saturated carbocycles. The second kappa shape index (κ2) is 8.10. The lowest BCUT2D eigenvalue weighted by atomic mass is 10.0. The van der Waals surface area contributed by atoms with Crippen LogP contribution in [0.4, 0.5) is 16.5 Å². The first-order valence-corrected chi connectivity index (χ1v) is 10.8. The summed E-state index contributed by atoms with van der Waals surface area (Å²) in [6.45, 7) is 2.82. The largest absolute Gasteiger partial charge is 0.360 e. The number of benzene rings is 2. The van der Waals surface area contributed by atoms with E-state index in [-0.39, 0.29) is 5.91 Å². The molecular weight excluding hydrogens is 376 g/mol. The zero-order chi connectivity index (χ0) is 18.6. The van der Waals surface area contributed by atoms with Gasteiger partial charge in [0.05, 0.1) is 17.1 Å². The van der Waals surface area contributed by atoms with Gasteiger partial charge < -0.3 is 5.32 Å². The van der Waals surface area contributed by atoms with Crippen molar-refractivity contribution in [1.29, 1.82) is 0 Å². The van der Waals surface area contributed by atoms with Gasteiger partial charge in [-0.1, -0.05) is 59.5 Å². The smallest absolute Gasteiger partial charge is 0.242 e. The Hall–Kier alpha value is -2.38. The van der Waals surface area contributed by atoms with Gasteiger partial charge in [-0.15, -0.1) is 10.2 Å². The summed E-state index contributed by atoms with van der Waals surface area (Å²) in [4.78, 5) is 15.1. The van der Waals surface area contributed by atoms with Gasteiger partial charge in [-0.25, -0.2) is 0 Å². The lowest BCUT2D eigenvalue weighted by Gasteiger charge is -2.24. The van der Waals surface area contributed by atoms with Crippen LogP contribution in [0.1, 0.15) is 18.1 Å². The number of para-hydroxylation sites is 2. The summed E-state index contributed by atoms with van der Waals surface area (Å²) < 4.78 is 0.802. The minimum Gasteiger partial charge on any atom is -0.360 e. The maximum Gasteiger partial charge on any atom is 0.242 e. The van der Waals surface area contributed by atoms with E-state index in [1.54, 1.807) is 0 Å². The van der Waals surface area contributed by atoms with Gasteiger partial charge in [-0.3, -0.25) is 9.69 Å². The molecule has 3 aromatic rings. The Morgan fingerprint density at radius 2 is 1.70 bits per heavy atom. The number of amides is 1. The molecular formula is C20H20N4OS2. The van der Waals surface area contributed by atoms with Gasteiger partial charge in [0.25, 0.3) is 0 Å². The quantitative estimate of drug-likeness (QED) is 0.642. The van der Waals surface area contributed by atoms with Gasteiger partial charge >= 0.3 is 0 Å². The molecule has 0 saturated heterocycles. The van der Waals surface area contributed by atoms with Gasteiger partial charge in [0.1, 0.15) is 0 Å². The Morgan fingerprint density at radius 1 is 1.07 bits per heavy atom. The van der Waals surface area contributed by atoms with Gasteiger partial charge in [0.15, 0.2) is 4.34 Å². The topological polar surface area (TPSA) is 58.1 Å². The number of fused-ring (bicyclic) bond motifs is 2. The second-order valence-corrected chi connectivity index (χ2v) is 8.38. The lowest BCUT2D eigenvalue weighted by Crippen LogP contribution is -2.28. The zero-order valence-corrected chi connectivity index (χ0v) is 16.6. The van der Waals surface area contributed by atoms with Gasteiger partial charge in [0.2, 0.25) is 11.0 Å².